The molecule has 0 fully saturated rings. The largest absolute Gasteiger partial charge is 0.390 e. The number of halogens is 1. The first-order valence-electron chi connectivity index (χ1n) is 6.79. The van der Waals surface area contributed by atoms with Crippen molar-refractivity contribution in [2.75, 3.05) is 0 Å². The van der Waals surface area contributed by atoms with Crippen molar-refractivity contribution >= 4 is 11.6 Å². The van der Waals surface area contributed by atoms with E-state index in [1.807, 2.05) is 40.1 Å². The highest BCUT2D eigenvalue weighted by Gasteiger charge is 2.21. The van der Waals surface area contributed by atoms with E-state index in [0.717, 1.165) is 11.1 Å². The van der Waals surface area contributed by atoms with Crippen LogP contribution in [0, 0.1) is 0 Å². The van der Waals surface area contributed by atoms with Crippen LogP contribution in [0.4, 0.5) is 0 Å². The molecule has 0 amide bonds. The van der Waals surface area contributed by atoms with Gasteiger partial charge in [-0.1, -0.05) is 0 Å². The molecule has 2 aromatic heterocycles. The van der Waals surface area contributed by atoms with Gasteiger partial charge in [-0.3, -0.25) is 0 Å². The molecular weight excluding hydrogens is 290 g/mol. The molecular formula is C15H20ClN3O2. The number of aromatic amines is 1. The van der Waals surface area contributed by atoms with Gasteiger partial charge in [0.25, 0.3) is 0 Å². The topological polar surface area (TPSA) is 71.0 Å². The Kier molecular flexibility index (Phi) is 4.66. The Bertz CT molecular complexity index is 620. The van der Waals surface area contributed by atoms with E-state index in [-0.39, 0.29) is 23.6 Å². The maximum Gasteiger partial charge on any atom is 0.223 e. The lowest BCUT2D eigenvalue weighted by Gasteiger charge is -2.25. The second-order valence-electron chi connectivity index (χ2n) is 5.87. The van der Waals surface area contributed by atoms with Crippen molar-refractivity contribution in [3.8, 4) is 11.3 Å². The molecule has 0 aromatic carbocycles. The Balaban J connectivity index is 2.38. The van der Waals surface area contributed by atoms with Crippen LogP contribution in [-0.4, -0.2) is 25.7 Å². The van der Waals surface area contributed by atoms with Gasteiger partial charge < -0.3 is 14.8 Å². The van der Waals surface area contributed by atoms with E-state index < -0.39 is 0 Å². The van der Waals surface area contributed by atoms with Crippen molar-refractivity contribution in [2.45, 2.75) is 46.0 Å². The molecule has 2 heterocycles. The molecule has 21 heavy (non-hydrogen) atoms. The lowest BCUT2D eigenvalue weighted by Crippen LogP contribution is -2.21. The first-order chi connectivity index (χ1) is 9.80. The summed E-state index contributed by atoms with van der Waals surface area (Å²) in [7, 11) is 0. The maximum absolute atomic E-state index is 9.23. The predicted molar refractivity (Wildman–Crippen MR) is 82.0 cm³/mol. The Labute approximate surface area is 129 Å². The summed E-state index contributed by atoms with van der Waals surface area (Å²) in [5.74, 6) is 0. The smallest absolute Gasteiger partial charge is 0.223 e. The zero-order chi connectivity index (χ0) is 15.6. The number of ether oxygens (including phenoxy) is 1. The highest BCUT2D eigenvalue weighted by Crippen LogP contribution is 2.32. The number of hydrogen-bond acceptors (Lipinski definition) is 4. The monoisotopic (exact) mass is 309 g/mol. The van der Waals surface area contributed by atoms with Crippen LogP contribution < -0.4 is 0 Å². The number of rotatable bonds is 4. The fourth-order valence-electron chi connectivity index (χ4n) is 2.21. The third-order valence-electron chi connectivity index (χ3n) is 2.94. The predicted octanol–water partition coefficient (Wildman–Crippen LogP) is 3.49. The number of aromatic nitrogens is 3. The number of nitrogens with zero attached hydrogens (tertiary/aromatic N) is 2. The fraction of sp³-hybridized carbons (Fsp3) is 0.467. The minimum absolute atomic E-state index is 0.0995. The summed E-state index contributed by atoms with van der Waals surface area (Å²) in [5.41, 5.74) is 2.80. The molecule has 5 nitrogen and oxygen atoms in total. The fourth-order valence-corrected chi connectivity index (χ4v) is 2.41. The van der Waals surface area contributed by atoms with Gasteiger partial charge in [0.15, 0.2) is 0 Å². The van der Waals surface area contributed by atoms with Crippen molar-refractivity contribution in [3.63, 3.8) is 0 Å². The van der Waals surface area contributed by atoms with E-state index in [1.165, 1.54) is 0 Å². The summed E-state index contributed by atoms with van der Waals surface area (Å²) in [5, 5.41) is 9.35. The summed E-state index contributed by atoms with van der Waals surface area (Å²) < 4.78 is 5.99. The molecule has 2 N–H and O–H groups in total. The van der Waals surface area contributed by atoms with Gasteiger partial charge in [-0.15, -0.1) is 0 Å². The lowest BCUT2D eigenvalue weighted by atomic mass is 10.0. The average molecular weight is 310 g/mol. The van der Waals surface area contributed by atoms with Crippen LogP contribution in [0.3, 0.4) is 0 Å². The second-order valence-corrected chi connectivity index (χ2v) is 6.21. The molecule has 0 unspecified atom stereocenters. The van der Waals surface area contributed by atoms with Crippen molar-refractivity contribution in [2.24, 2.45) is 0 Å². The van der Waals surface area contributed by atoms with Gasteiger partial charge in [0.1, 0.15) is 0 Å². The molecule has 6 heteroatoms. The molecule has 0 aliphatic carbocycles. The molecule has 2 aromatic rings. The first kappa shape index (κ1) is 15.9. The number of nitrogens with one attached hydrogen (secondary N) is 1. The number of aliphatic hydroxyl groups excluding tert-OH is 1. The lowest BCUT2D eigenvalue weighted by molar-refractivity contribution is -0.0526. The Morgan fingerprint density at radius 3 is 2.67 bits per heavy atom. The van der Waals surface area contributed by atoms with Gasteiger partial charge in [0, 0.05) is 23.5 Å². The van der Waals surface area contributed by atoms with Gasteiger partial charge in [-0.2, -0.15) is 0 Å². The minimum Gasteiger partial charge on any atom is -0.390 e. The van der Waals surface area contributed by atoms with Crippen LogP contribution in [0.5, 0.6) is 0 Å². The molecule has 0 aliphatic heterocycles. The maximum atomic E-state index is 9.23. The van der Waals surface area contributed by atoms with Crippen molar-refractivity contribution in [1.29, 1.82) is 0 Å². The van der Waals surface area contributed by atoms with Crippen LogP contribution in [0.25, 0.3) is 11.3 Å². The zero-order valence-electron chi connectivity index (χ0n) is 12.6. The molecule has 114 valence electrons. The normalized spacial score (nSPS) is 13.4. The van der Waals surface area contributed by atoms with Gasteiger partial charge in [0.05, 0.1) is 29.7 Å². The van der Waals surface area contributed by atoms with E-state index in [4.69, 9.17) is 16.3 Å². The van der Waals surface area contributed by atoms with Crippen molar-refractivity contribution in [1.82, 2.24) is 15.0 Å². The molecule has 1 atom stereocenters. The van der Waals surface area contributed by atoms with Gasteiger partial charge in [0.2, 0.25) is 5.28 Å². The van der Waals surface area contributed by atoms with E-state index in [2.05, 4.69) is 15.0 Å². The van der Waals surface area contributed by atoms with Crippen LogP contribution in [0.2, 0.25) is 5.28 Å². The summed E-state index contributed by atoms with van der Waals surface area (Å²) in [6, 6.07) is 1.72. The molecule has 2 rings (SSSR count). The highest BCUT2D eigenvalue weighted by atomic mass is 35.5. The third-order valence-corrected chi connectivity index (χ3v) is 3.10. The molecule has 0 saturated carbocycles. The Morgan fingerprint density at radius 1 is 1.33 bits per heavy atom. The SMILES string of the molecule is C[C@@H](OC(C)(C)C)c1c[nH]cc1-c1cc(CO)nc(Cl)n1. The summed E-state index contributed by atoms with van der Waals surface area (Å²) in [6.07, 6.45) is 3.63. The van der Waals surface area contributed by atoms with Crippen LogP contribution >= 0.6 is 11.6 Å². The first-order valence-corrected chi connectivity index (χ1v) is 7.17. The van der Waals surface area contributed by atoms with E-state index in [0.29, 0.717) is 11.4 Å². The number of H-pyrrole nitrogens is 1. The third kappa shape index (κ3) is 4.03. The van der Waals surface area contributed by atoms with Crippen LogP contribution in [0.1, 0.15) is 45.1 Å². The second kappa shape index (κ2) is 6.13. The quantitative estimate of drug-likeness (QED) is 0.848. The van der Waals surface area contributed by atoms with E-state index in [1.54, 1.807) is 6.07 Å². The highest BCUT2D eigenvalue weighted by molar-refractivity contribution is 6.28. The van der Waals surface area contributed by atoms with Crippen LogP contribution in [0.15, 0.2) is 18.5 Å². The van der Waals surface area contributed by atoms with Gasteiger partial charge in [-0.05, 0) is 45.4 Å². The van der Waals surface area contributed by atoms with E-state index >= 15 is 0 Å². The van der Waals surface area contributed by atoms with Gasteiger partial charge in [-0.25, -0.2) is 9.97 Å². The summed E-state index contributed by atoms with van der Waals surface area (Å²) in [4.78, 5) is 11.3. The number of aliphatic hydroxyl groups is 1. The molecule has 0 bridgehead atoms. The van der Waals surface area contributed by atoms with Crippen molar-refractivity contribution < 1.29 is 9.84 Å². The van der Waals surface area contributed by atoms with Gasteiger partial charge >= 0.3 is 0 Å². The Morgan fingerprint density at radius 2 is 2.05 bits per heavy atom. The standard InChI is InChI=1S/C15H20ClN3O2/c1-9(21-15(2,3)4)11-6-17-7-12(11)13-5-10(8-20)18-14(16)19-13/h5-7,9,17,20H,8H2,1-4H3/t9-/m1/s1. The van der Waals surface area contributed by atoms with Crippen molar-refractivity contribution in [3.05, 3.63) is 35.0 Å². The zero-order valence-corrected chi connectivity index (χ0v) is 13.4. The molecule has 0 saturated heterocycles. The molecule has 0 spiro atoms. The van der Waals surface area contributed by atoms with Crippen LogP contribution in [-0.2, 0) is 11.3 Å². The average Bonchev–Trinajstić information content (AvgIpc) is 2.85. The molecule has 0 aliphatic rings. The Hall–Kier alpha value is -1.43. The number of hydrogen-bond donors (Lipinski definition) is 2. The molecule has 0 radical (unpaired) electrons. The van der Waals surface area contributed by atoms with E-state index in [9.17, 15) is 5.11 Å². The summed E-state index contributed by atoms with van der Waals surface area (Å²) in [6.45, 7) is 7.86. The summed E-state index contributed by atoms with van der Waals surface area (Å²) >= 11 is 5.91. The minimum atomic E-state index is -0.243.